The number of carbonyl (C=O) groups excluding carboxylic acids is 2. The molecule has 238 valence electrons. The third-order valence-corrected chi connectivity index (χ3v) is 7.88. The van der Waals surface area contributed by atoms with E-state index in [-0.39, 0.29) is 51.2 Å². The van der Waals surface area contributed by atoms with E-state index in [1.807, 2.05) is 6.07 Å². The number of hydrogen-bond acceptors (Lipinski definition) is 8. The van der Waals surface area contributed by atoms with Crippen molar-refractivity contribution in [3.8, 4) is 5.75 Å². The summed E-state index contributed by atoms with van der Waals surface area (Å²) < 4.78 is 30.9. The number of primary amides is 1. The van der Waals surface area contributed by atoms with Crippen LogP contribution in [-0.4, -0.2) is 93.0 Å². The molecule has 4 rings (SSSR count). The van der Waals surface area contributed by atoms with Crippen molar-refractivity contribution in [2.75, 3.05) is 71.6 Å². The van der Waals surface area contributed by atoms with Crippen LogP contribution >= 0.6 is 0 Å². The third-order valence-electron chi connectivity index (χ3n) is 7.88. The lowest BCUT2D eigenvalue weighted by Gasteiger charge is -2.33. The number of amides is 3. The zero-order chi connectivity index (χ0) is 31.3. The normalized spacial score (nSPS) is 15.7. The van der Waals surface area contributed by atoms with Gasteiger partial charge < -0.3 is 35.1 Å². The van der Waals surface area contributed by atoms with Crippen LogP contribution in [0.2, 0.25) is 0 Å². The Morgan fingerprint density at radius 1 is 1.20 bits per heavy atom. The number of benzene rings is 1. The number of carbonyl (C=O) groups is 2. The van der Waals surface area contributed by atoms with Gasteiger partial charge in [-0.1, -0.05) is 17.2 Å². The number of hydrogen-bond donors (Lipinski definition) is 2. The fourth-order valence-electron chi connectivity index (χ4n) is 5.66. The molecule has 1 aromatic heterocycles. The van der Waals surface area contributed by atoms with E-state index in [2.05, 4.69) is 21.4 Å². The molecule has 1 saturated heterocycles. The molecular formula is C30H41FN8O5. The first-order valence-electron chi connectivity index (χ1n) is 15.0. The summed E-state index contributed by atoms with van der Waals surface area (Å²) in [5.74, 6) is -1.02. The Balaban J connectivity index is 1.40. The van der Waals surface area contributed by atoms with Crippen LogP contribution in [0.5, 0.6) is 5.75 Å². The molecule has 1 aromatic carbocycles. The molecule has 0 radical (unpaired) electrons. The van der Waals surface area contributed by atoms with E-state index >= 15 is 0 Å². The molecule has 3 heterocycles. The van der Waals surface area contributed by atoms with E-state index in [1.54, 1.807) is 15.9 Å². The van der Waals surface area contributed by atoms with Gasteiger partial charge in [0, 0.05) is 49.9 Å². The first-order chi connectivity index (χ1) is 21.4. The topological polar surface area (TPSA) is 168 Å². The molecule has 0 saturated carbocycles. The van der Waals surface area contributed by atoms with Crippen molar-refractivity contribution in [1.29, 1.82) is 0 Å². The predicted molar refractivity (Wildman–Crippen MR) is 162 cm³/mol. The van der Waals surface area contributed by atoms with Crippen LogP contribution in [0.3, 0.4) is 0 Å². The molecule has 0 bridgehead atoms. The van der Waals surface area contributed by atoms with Crippen LogP contribution in [0.15, 0.2) is 35.4 Å². The highest BCUT2D eigenvalue weighted by Crippen LogP contribution is 2.36. The van der Waals surface area contributed by atoms with Crippen LogP contribution in [-0.2, 0) is 27.1 Å². The van der Waals surface area contributed by atoms with E-state index in [0.717, 1.165) is 43.7 Å². The second-order valence-corrected chi connectivity index (χ2v) is 10.7. The van der Waals surface area contributed by atoms with Gasteiger partial charge in [0.15, 0.2) is 11.6 Å². The standard InChI is InChI=1S/C30H41FN8O5/c1-42-26-9-7-22(20-25(26)31)27(24(28(32)40)10-16-43-18-19-44-17-12-35-37-33)39-15-14-38(30(39)41)13-3-5-23-8-6-21-4-2-11-34-29(21)36-23/h6-9,20,24,27H,2-5,10-19H2,1H3,(H2,32,40)(H,34,36). The van der Waals surface area contributed by atoms with E-state index in [0.29, 0.717) is 25.2 Å². The second kappa shape index (κ2) is 16.6. The minimum Gasteiger partial charge on any atom is -0.494 e. The fraction of sp³-hybridized carbons (Fsp3) is 0.567. The fourth-order valence-corrected chi connectivity index (χ4v) is 5.66. The molecule has 3 amide bonds. The highest BCUT2D eigenvalue weighted by atomic mass is 19.1. The van der Waals surface area contributed by atoms with Crippen molar-refractivity contribution in [3.63, 3.8) is 0 Å². The number of methoxy groups -OCH3 is 1. The van der Waals surface area contributed by atoms with Crippen molar-refractivity contribution in [3.05, 3.63) is 63.4 Å². The maximum Gasteiger partial charge on any atom is 0.320 e. The van der Waals surface area contributed by atoms with Gasteiger partial charge in [0.25, 0.3) is 0 Å². The number of pyridine rings is 1. The smallest absolute Gasteiger partial charge is 0.320 e. The van der Waals surface area contributed by atoms with Crippen LogP contribution in [0, 0.1) is 11.7 Å². The van der Waals surface area contributed by atoms with Gasteiger partial charge in [-0.25, -0.2) is 14.2 Å². The lowest BCUT2D eigenvalue weighted by atomic mass is 9.88. The molecule has 14 heteroatoms. The maximum atomic E-state index is 14.8. The third kappa shape index (κ3) is 8.71. The number of ether oxygens (including phenoxy) is 3. The van der Waals surface area contributed by atoms with Crippen molar-refractivity contribution in [1.82, 2.24) is 14.8 Å². The summed E-state index contributed by atoms with van der Waals surface area (Å²) >= 11 is 0. The summed E-state index contributed by atoms with van der Waals surface area (Å²) in [6.45, 7) is 3.51. The molecule has 3 N–H and O–H groups in total. The van der Waals surface area contributed by atoms with E-state index < -0.39 is 23.7 Å². The number of anilines is 1. The molecule has 0 spiro atoms. The zero-order valence-corrected chi connectivity index (χ0v) is 25.1. The number of halogens is 1. The molecule has 2 aromatic rings. The monoisotopic (exact) mass is 612 g/mol. The molecule has 13 nitrogen and oxygen atoms in total. The lowest BCUT2D eigenvalue weighted by molar-refractivity contribution is -0.124. The van der Waals surface area contributed by atoms with E-state index in [9.17, 15) is 14.0 Å². The van der Waals surface area contributed by atoms with Gasteiger partial charge >= 0.3 is 6.03 Å². The summed E-state index contributed by atoms with van der Waals surface area (Å²) in [4.78, 5) is 37.2. The number of azide groups is 1. The number of aromatic nitrogens is 1. The zero-order valence-electron chi connectivity index (χ0n) is 25.1. The minimum absolute atomic E-state index is 0.0623. The van der Waals surface area contributed by atoms with Gasteiger partial charge in [-0.05, 0) is 67.0 Å². The quantitative estimate of drug-likeness (QED) is 0.112. The van der Waals surface area contributed by atoms with Gasteiger partial charge in [0.1, 0.15) is 5.82 Å². The first-order valence-corrected chi connectivity index (χ1v) is 15.0. The number of fused-ring (bicyclic) bond motifs is 1. The van der Waals surface area contributed by atoms with E-state index in [1.165, 1.54) is 24.8 Å². The largest absolute Gasteiger partial charge is 0.494 e. The number of nitrogens with zero attached hydrogens (tertiary/aromatic N) is 6. The van der Waals surface area contributed by atoms with Crippen molar-refractivity contribution in [2.45, 2.75) is 38.1 Å². The minimum atomic E-state index is -0.829. The Morgan fingerprint density at radius 2 is 2.02 bits per heavy atom. The van der Waals surface area contributed by atoms with Crippen molar-refractivity contribution < 1.29 is 28.2 Å². The van der Waals surface area contributed by atoms with Crippen LogP contribution in [0.4, 0.5) is 15.0 Å². The molecule has 2 aliphatic rings. The summed E-state index contributed by atoms with van der Waals surface area (Å²) in [7, 11) is 1.37. The SMILES string of the molecule is COc1ccc(C(C(CCOCCOCCN=[N+]=[N-])C(N)=O)N2CCN(CCCc3ccc4c(n3)NCCC4)C2=O)cc1F. The second-order valence-electron chi connectivity index (χ2n) is 10.7. The lowest BCUT2D eigenvalue weighted by Crippen LogP contribution is -2.42. The van der Waals surface area contributed by atoms with Crippen LogP contribution in [0.25, 0.3) is 10.4 Å². The highest BCUT2D eigenvalue weighted by molar-refractivity contribution is 5.81. The summed E-state index contributed by atoms with van der Waals surface area (Å²) in [5, 5.41) is 6.75. The van der Waals surface area contributed by atoms with Gasteiger partial charge in [0.2, 0.25) is 5.91 Å². The number of urea groups is 1. The Kier molecular flexibility index (Phi) is 12.4. The summed E-state index contributed by atoms with van der Waals surface area (Å²) in [6.07, 6.45) is 3.80. The van der Waals surface area contributed by atoms with Crippen molar-refractivity contribution >= 4 is 17.8 Å². The summed E-state index contributed by atoms with van der Waals surface area (Å²) in [6, 6.07) is 7.59. The van der Waals surface area contributed by atoms with Gasteiger partial charge in [-0.3, -0.25) is 4.79 Å². The van der Waals surface area contributed by atoms with E-state index in [4.69, 9.17) is 30.5 Å². The van der Waals surface area contributed by atoms with Crippen LogP contribution in [0.1, 0.15) is 42.1 Å². The highest BCUT2D eigenvalue weighted by Gasteiger charge is 2.40. The Morgan fingerprint density at radius 3 is 2.77 bits per heavy atom. The molecule has 2 unspecified atom stereocenters. The Labute approximate surface area is 256 Å². The predicted octanol–water partition coefficient (Wildman–Crippen LogP) is 3.83. The molecule has 44 heavy (non-hydrogen) atoms. The average Bonchev–Trinajstić information content (AvgIpc) is 3.38. The number of nitrogens with one attached hydrogen (secondary N) is 1. The summed E-state index contributed by atoms with van der Waals surface area (Å²) in [5.41, 5.74) is 16.8. The Bertz CT molecular complexity index is 1320. The number of rotatable bonds is 18. The molecule has 2 atom stereocenters. The average molecular weight is 613 g/mol. The number of aryl methyl sites for hydroxylation is 2. The van der Waals surface area contributed by atoms with Crippen molar-refractivity contribution in [2.24, 2.45) is 16.8 Å². The van der Waals surface area contributed by atoms with Crippen LogP contribution < -0.4 is 15.8 Å². The maximum absolute atomic E-state index is 14.8. The number of nitrogens with two attached hydrogens (primary N) is 1. The Hall–Kier alpha value is -4.13. The molecule has 0 aliphatic carbocycles. The van der Waals surface area contributed by atoms with Gasteiger partial charge in [-0.15, -0.1) is 0 Å². The first kappa shape index (κ1) is 32.8. The van der Waals surface area contributed by atoms with Gasteiger partial charge in [-0.2, -0.15) is 0 Å². The molecular weight excluding hydrogens is 571 g/mol. The molecule has 1 fully saturated rings. The van der Waals surface area contributed by atoms with Gasteiger partial charge in [0.05, 0.1) is 38.9 Å². The molecule has 2 aliphatic heterocycles.